The van der Waals surface area contributed by atoms with Gasteiger partial charge in [-0.25, -0.2) is 9.67 Å². The Balaban J connectivity index is 1.31. The smallest absolute Gasteiger partial charge is 0.227 e. The highest BCUT2D eigenvalue weighted by Crippen LogP contribution is 2.19. The predicted molar refractivity (Wildman–Crippen MR) is 103 cm³/mol. The van der Waals surface area contributed by atoms with Gasteiger partial charge in [0.1, 0.15) is 0 Å². The summed E-state index contributed by atoms with van der Waals surface area (Å²) >= 11 is 5.87. The van der Waals surface area contributed by atoms with Crippen LogP contribution in [0.25, 0.3) is 17.2 Å². The van der Waals surface area contributed by atoms with Crippen LogP contribution in [0.5, 0.6) is 0 Å². The number of nitrogens with zero attached hydrogens (tertiary/aromatic N) is 5. The predicted octanol–water partition coefficient (Wildman–Crippen LogP) is 3.54. The fourth-order valence-electron chi connectivity index (χ4n) is 2.52. The van der Waals surface area contributed by atoms with E-state index < -0.39 is 0 Å². The number of amides is 1. The molecule has 0 atom stereocenters. The van der Waals surface area contributed by atoms with Gasteiger partial charge >= 0.3 is 0 Å². The highest BCUT2D eigenvalue weighted by Gasteiger charge is 2.11. The lowest BCUT2D eigenvalue weighted by molar-refractivity contribution is -0.116. The number of nitrogens with one attached hydrogen (secondary N) is 1. The summed E-state index contributed by atoms with van der Waals surface area (Å²) in [6.45, 7) is 0. The van der Waals surface area contributed by atoms with Gasteiger partial charge in [0.05, 0.1) is 11.9 Å². The molecule has 0 saturated heterocycles. The summed E-state index contributed by atoms with van der Waals surface area (Å²) in [7, 11) is 0. The van der Waals surface area contributed by atoms with Crippen LogP contribution in [0.15, 0.2) is 65.6 Å². The third-order valence-corrected chi connectivity index (χ3v) is 4.16. The molecule has 0 saturated carbocycles. The van der Waals surface area contributed by atoms with Gasteiger partial charge < -0.3 is 9.84 Å². The van der Waals surface area contributed by atoms with E-state index >= 15 is 0 Å². The zero-order valence-corrected chi connectivity index (χ0v) is 15.4. The molecule has 1 amide bonds. The lowest BCUT2D eigenvalue weighted by atomic mass is 10.2. The van der Waals surface area contributed by atoms with Crippen LogP contribution in [0, 0.1) is 0 Å². The normalized spacial score (nSPS) is 10.8. The van der Waals surface area contributed by atoms with Crippen LogP contribution < -0.4 is 5.32 Å². The third kappa shape index (κ3) is 4.24. The van der Waals surface area contributed by atoms with E-state index in [1.165, 1.54) is 0 Å². The van der Waals surface area contributed by atoms with E-state index in [0.717, 1.165) is 5.56 Å². The topological polar surface area (TPSA) is 98.7 Å². The Kier molecular flexibility index (Phi) is 5.11. The number of carbonyl (C=O) groups is 1. The summed E-state index contributed by atoms with van der Waals surface area (Å²) in [6, 6.07) is 12.5. The van der Waals surface area contributed by atoms with Crippen molar-refractivity contribution in [2.24, 2.45) is 0 Å². The molecule has 0 radical (unpaired) electrons. The van der Waals surface area contributed by atoms with E-state index in [1.807, 2.05) is 18.2 Å². The first kappa shape index (κ1) is 17.9. The maximum Gasteiger partial charge on any atom is 0.227 e. The Morgan fingerprint density at radius 3 is 2.75 bits per heavy atom. The second kappa shape index (κ2) is 8.01. The van der Waals surface area contributed by atoms with Crippen LogP contribution in [0.1, 0.15) is 12.3 Å². The largest absolute Gasteiger partial charge is 0.339 e. The first-order valence-electron chi connectivity index (χ1n) is 8.52. The number of rotatable bonds is 6. The van der Waals surface area contributed by atoms with E-state index in [9.17, 15) is 4.79 Å². The maximum atomic E-state index is 12.2. The van der Waals surface area contributed by atoms with Crippen LogP contribution in [0.2, 0.25) is 5.02 Å². The van der Waals surface area contributed by atoms with Gasteiger partial charge in [-0.15, -0.1) is 0 Å². The summed E-state index contributed by atoms with van der Waals surface area (Å²) in [6.07, 6.45) is 5.60. The number of benzene rings is 1. The summed E-state index contributed by atoms with van der Waals surface area (Å²) in [5.41, 5.74) is 1.40. The van der Waals surface area contributed by atoms with Crippen LogP contribution in [-0.4, -0.2) is 30.8 Å². The average molecular weight is 395 g/mol. The number of pyridine rings is 1. The summed E-state index contributed by atoms with van der Waals surface area (Å²) in [5, 5.41) is 11.5. The third-order valence-electron chi connectivity index (χ3n) is 3.91. The van der Waals surface area contributed by atoms with Gasteiger partial charge in [-0.3, -0.25) is 4.79 Å². The molecule has 1 N–H and O–H groups in total. The van der Waals surface area contributed by atoms with Gasteiger partial charge in [0, 0.05) is 35.8 Å². The standard InChI is InChI=1S/C19H15ClN6O2/c20-14-4-2-13(3-5-14)19-24-18(28-25-19)9-8-17(27)23-15-6-7-16(21-12-15)26-11-1-10-22-26/h1-7,10-12H,8-9H2,(H,23,27). The number of anilines is 1. The van der Waals surface area contributed by atoms with Crippen molar-refractivity contribution in [2.75, 3.05) is 5.32 Å². The minimum absolute atomic E-state index is 0.167. The molecule has 1 aromatic carbocycles. The Bertz CT molecular complexity index is 1060. The van der Waals surface area contributed by atoms with E-state index in [1.54, 1.807) is 47.5 Å². The molecule has 0 aliphatic carbocycles. The van der Waals surface area contributed by atoms with Crippen molar-refractivity contribution in [1.29, 1.82) is 0 Å². The van der Waals surface area contributed by atoms with Crippen LogP contribution >= 0.6 is 11.6 Å². The molecule has 0 aliphatic rings. The van der Waals surface area contributed by atoms with Gasteiger partial charge in [0.15, 0.2) is 5.82 Å². The molecule has 9 heteroatoms. The zero-order valence-electron chi connectivity index (χ0n) is 14.6. The van der Waals surface area contributed by atoms with Crippen LogP contribution in [0.3, 0.4) is 0 Å². The molecule has 4 rings (SSSR count). The van der Waals surface area contributed by atoms with Crippen molar-refractivity contribution in [3.63, 3.8) is 0 Å². The minimum Gasteiger partial charge on any atom is -0.339 e. The SMILES string of the molecule is O=C(CCc1nc(-c2ccc(Cl)cc2)no1)Nc1ccc(-n2cccn2)nc1. The molecule has 140 valence electrons. The van der Waals surface area contributed by atoms with E-state index in [-0.39, 0.29) is 12.3 Å². The molecule has 8 nitrogen and oxygen atoms in total. The molecule has 3 heterocycles. The molecule has 3 aromatic heterocycles. The zero-order chi connectivity index (χ0) is 19.3. The Hall–Kier alpha value is -3.52. The van der Waals surface area contributed by atoms with Crippen LogP contribution in [0.4, 0.5) is 5.69 Å². The Morgan fingerprint density at radius 1 is 1.18 bits per heavy atom. The molecular formula is C19H15ClN6O2. The molecule has 0 aliphatic heterocycles. The lowest BCUT2D eigenvalue weighted by Gasteiger charge is -2.05. The number of hydrogen-bond acceptors (Lipinski definition) is 6. The highest BCUT2D eigenvalue weighted by molar-refractivity contribution is 6.30. The fourth-order valence-corrected chi connectivity index (χ4v) is 2.64. The number of halogens is 1. The van der Waals surface area contributed by atoms with Gasteiger partial charge in [-0.05, 0) is 42.5 Å². The van der Waals surface area contributed by atoms with Crippen molar-refractivity contribution >= 4 is 23.2 Å². The molecule has 0 fully saturated rings. The van der Waals surface area contributed by atoms with Crippen molar-refractivity contribution in [1.82, 2.24) is 24.9 Å². The minimum atomic E-state index is -0.167. The van der Waals surface area contributed by atoms with Crippen molar-refractivity contribution in [3.8, 4) is 17.2 Å². The maximum absolute atomic E-state index is 12.2. The van der Waals surface area contributed by atoms with Crippen molar-refractivity contribution < 1.29 is 9.32 Å². The van der Waals surface area contributed by atoms with Crippen molar-refractivity contribution in [2.45, 2.75) is 12.8 Å². The summed E-state index contributed by atoms with van der Waals surface area (Å²) < 4.78 is 6.85. The fraction of sp³-hybridized carbons (Fsp3) is 0.105. The second-order valence-electron chi connectivity index (χ2n) is 5.92. The highest BCUT2D eigenvalue weighted by atomic mass is 35.5. The monoisotopic (exact) mass is 394 g/mol. The van der Waals surface area contributed by atoms with E-state index in [2.05, 4.69) is 25.5 Å². The van der Waals surface area contributed by atoms with Gasteiger partial charge in [0.25, 0.3) is 0 Å². The molecule has 0 bridgehead atoms. The second-order valence-corrected chi connectivity index (χ2v) is 6.36. The van der Waals surface area contributed by atoms with E-state index in [4.69, 9.17) is 16.1 Å². The number of aromatic nitrogens is 5. The molecule has 28 heavy (non-hydrogen) atoms. The Morgan fingerprint density at radius 2 is 2.04 bits per heavy atom. The van der Waals surface area contributed by atoms with Crippen molar-refractivity contribution in [3.05, 3.63) is 72.0 Å². The summed E-state index contributed by atoms with van der Waals surface area (Å²) in [4.78, 5) is 20.7. The quantitative estimate of drug-likeness (QED) is 0.537. The van der Waals surface area contributed by atoms with Crippen LogP contribution in [-0.2, 0) is 11.2 Å². The molecule has 0 spiro atoms. The van der Waals surface area contributed by atoms with Gasteiger partial charge in [0.2, 0.25) is 17.6 Å². The number of aryl methyl sites for hydroxylation is 1. The van der Waals surface area contributed by atoms with Gasteiger partial charge in [-0.2, -0.15) is 10.1 Å². The lowest BCUT2D eigenvalue weighted by Crippen LogP contribution is -2.12. The molecule has 0 unspecified atom stereocenters. The molecule has 4 aromatic rings. The van der Waals surface area contributed by atoms with E-state index in [0.29, 0.717) is 34.7 Å². The average Bonchev–Trinajstić information content (AvgIpc) is 3.40. The first-order valence-corrected chi connectivity index (χ1v) is 8.89. The molecular weight excluding hydrogens is 380 g/mol. The number of hydrogen-bond donors (Lipinski definition) is 1. The van der Waals surface area contributed by atoms with Gasteiger partial charge in [-0.1, -0.05) is 16.8 Å². The number of carbonyl (C=O) groups excluding carboxylic acids is 1. The first-order chi connectivity index (χ1) is 13.7. The summed E-state index contributed by atoms with van der Waals surface area (Å²) in [5.74, 6) is 1.36. The Labute approximate surface area is 165 Å².